The van der Waals surface area contributed by atoms with Crippen molar-refractivity contribution < 1.29 is 28.2 Å². The van der Waals surface area contributed by atoms with E-state index in [9.17, 15) is 18.8 Å². The second-order valence-electron chi connectivity index (χ2n) is 6.28. The highest BCUT2D eigenvalue weighted by atomic mass is 32.1. The van der Waals surface area contributed by atoms with Gasteiger partial charge in [0.2, 0.25) is 0 Å². The predicted molar refractivity (Wildman–Crippen MR) is 116 cm³/mol. The van der Waals surface area contributed by atoms with Crippen molar-refractivity contribution in [3.05, 3.63) is 87.9 Å². The maximum absolute atomic E-state index is 13.1. The van der Waals surface area contributed by atoms with E-state index in [-0.39, 0.29) is 11.4 Å². The van der Waals surface area contributed by atoms with Gasteiger partial charge in [-0.15, -0.1) is 11.3 Å². The quantitative estimate of drug-likeness (QED) is 0.436. The molecule has 1 N–H and O–H groups in total. The van der Waals surface area contributed by atoms with Gasteiger partial charge in [-0.05, 0) is 59.5 Å². The number of anilines is 1. The Morgan fingerprint density at radius 1 is 1.03 bits per heavy atom. The zero-order valence-corrected chi connectivity index (χ0v) is 17.3. The minimum atomic E-state index is -0.678. The number of esters is 2. The van der Waals surface area contributed by atoms with Crippen LogP contribution in [0.15, 0.2) is 66.0 Å². The predicted octanol–water partition coefficient (Wildman–Crippen LogP) is 4.40. The molecule has 0 unspecified atom stereocenters. The number of halogens is 1. The lowest BCUT2D eigenvalue weighted by Gasteiger charge is -2.09. The van der Waals surface area contributed by atoms with Crippen molar-refractivity contribution in [1.82, 2.24) is 0 Å². The second-order valence-corrected chi connectivity index (χ2v) is 7.23. The van der Waals surface area contributed by atoms with E-state index in [1.54, 1.807) is 30.3 Å². The van der Waals surface area contributed by atoms with Gasteiger partial charge in [0.15, 0.2) is 6.61 Å². The zero-order chi connectivity index (χ0) is 22.2. The molecule has 0 radical (unpaired) electrons. The molecule has 3 aromatic rings. The van der Waals surface area contributed by atoms with Crippen LogP contribution in [0.2, 0.25) is 0 Å². The summed E-state index contributed by atoms with van der Waals surface area (Å²) in [5.74, 6) is -2.08. The van der Waals surface area contributed by atoms with E-state index >= 15 is 0 Å². The summed E-state index contributed by atoms with van der Waals surface area (Å²) >= 11 is 1.34. The molecule has 0 spiro atoms. The highest BCUT2D eigenvalue weighted by Crippen LogP contribution is 2.24. The Morgan fingerprint density at radius 3 is 2.35 bits per heavy atom. The monoisotopic (exact) mass is 439 g/mol. The molecule has 6 nitrogen and oxygen atoms in total. The number of hydrogen-bond acceptors (Lipinski definition) is 6. The second kappa shape index (κ2) is 10.3. The standard InChI is InChI=1S/C23H18FNO5S/c1-29-22(27)16-6-10-18(11-7-16)25-21(26)14-30-23(28)19(20-3-2-12-31-20)13-15-4-8-17(24)9-5-15/h2-13H,14H2,1H3,(H,25,26)/b19-13+. The van der Waals surface area contributed by atoms with Crippen molar-refractivity contribution in [2.75, 3.05) is 19.0 Å². The van der Waals surface area contributed by atoms with Crippen LogP contribution in [0.5, 0.6) is 0 Å². The number of benzene rings is 2. The average molecular weight is 439 g/mol. The first-order chi connectivity index (χ1) is 15.0. The summed E-state index contributed by atoms with van der Waals surface area (Å²) < 4.78 is 22.9. The molecule has 0 saturated carbocycles. The number of thiophene rings is 1. The summed E-state index contributed by atoms with van der Waals surface area (Å²) in [4.78, 5) is 36.9. The van der Waals surface area contributed by atoms with Crippen LogP contribution in [0, 0.1) is 5.82 Å². The van der Waals surface area contributed by atoms with Gasteiger partial charge in [-0.2, -0.15) is 0 Å². The molecule has 0 saturated heterocycles. The fraction of sp³-hybridized carbons (Fsp3) is 0.0870. The van der Waals surface area contributed by atoms with Crippen molar-refractivity contribution in [3.8, 4) is 0 Å². The minimum Gasteiger partial charge on any atom is -0.465 e. The summed E-state index contributed by atoms with van der Waals surface area (Å²) in [7, 11) is 1.28. The van der Waals surface area contributed by atoms with Crippen LogP contribution in [0.1, 0.15) is 20.8 Å². The minimum absolute atomic E-state index is 0.261. The van der Waals surface area contributed by atoms with E-state index in [2.05, 4.69) is 10.1 Å². The van der Waals surface area contributed by atoms with Gasteiger partial charge in [0.25, 0.3) is 5.91 Å². The summed E-state index contributed by atoms with van der Waals surface area (Å²) in [6, 6.07) is 15.3. The lowest BCUT2D eigenvalue weighted by Crippen LogP contribution is -2.21. The zero-order valence-electron chi connectivity index (χ0n) is 16.5. The highest BCUT2D eigenvalue weighted by molar-refractivity contribution is 7.11. The number of nitrogens with one attached hydrogen (secondary N) is 1. The average Bonchev–Trinajstić information content (AvgIpc) is 3.31. The number of ether oxygens (including phenoxy) is 2. The third-order valence-electron chi connectivity index (χ3n) is 4.11. The van der Waals surface area contributed by atoms with Gasteiger partial charge < -0.3 is 14.8 Å². The van der Waals surface area contributed by atoms with E-state index < -0.39 is 24.5 Å². The van der Waals surface area contributed by atoms with E-state index in [4.69, 9.17) is 4.74 Å². The van der Waals surface area contributed by atoms with Crippen LogP contribution in [-0.2, 0) is 19.1 Å². The van der Waals surface area contributed by atoms with E-state index in [0.717, 1.165) is 0 Å². The summed E-state index contributed by atoms with van der Waals surface area (Å²) in [5, 5.41) is 4.40. The highest BCUT2D eigenvalue weighted by Gasteiger charge is 2.17. The molecular formula is C23H18FNO5S. The number of carbonyl (C=O) groups excluding carboxylic acids is 3. The van der Waals surface area contributed by atoms with Gasteiger partial charge in [0.05, 0.1) is 18.2 Å². The lowest BCUT2D eigenvalue weighted by molar-refractivity contribution is -0.141. The van der Waals surface area contributed by atoms with E-state index in [0.29, 0.717) is 21.7 Å². The molecule has 1 aromatic heterocycles. The van der Waals surface area contributed by atoms with Gasteiger partial charge in [0.1, 0.15) is 5.82 Å². The molecule has 0 bridgehead atoms. The van der Waals surface area contributed by atoms with E-state index in [1.165, 1.54) is 54.8 Å². The largest absolute Gasteiger partial charge is 0.465 e. The third kappa shape index (κ3) is 6.10. The van der Waals surface area contributed by atoms with Crippen LogP contribution >= 0.6 is 11.3 Å². The Balaban J connectivity index is 1.64. The molecule has 158 valence electrons. The molecule has 0 aliphatic carbocycles. The molecule has 1 amide bonds. The first-order valence-corrected chi connectivity index (χ1v) is 10.0. The van der Waals surface area contributed by atoms with Gasteiger partial charge in [0, 0.05) is 10.6 Å². The molecule has 2 aromatic carbocycles. The number of amides is 1. The number of carbonyl (C=O) groups is 3. The van der Waals surface area contributed by atoms with Crippen molar-refractivity contribution in [1.29, 1.82) is 0 Å². The maximum Gasteiger partial charge on any atom is 0.340 e. The van der Waals surface area contributed by atoms with Crippen molar-refractivity contribution in [2.45, 2.75) is 0 Å². The Labute approximate surface area is 181 Å². The summed E-state index contributed by atoms with van der Waals surface area (Å²) in [5.41, 5.74) is 1.67. The number of methoxy groups -OCH3 is 1. The third-order valence-corrected chi connectivity index (χ3v) is 5.01. The molecule has 0 aliphatic heterocycles. The van der Waals surface area contributed by atoms with Crippen LogP contribution < -0.4 is 5.32 Å². The fourth-order valence-electron chi connectivity index (χ4n) is 2.60. The van der Waals surface area contributed by atoms with Crippen molar-refractivity contribution >= 4 is 46.5 Å². The van der Waals surface area contributed by atoms with Crippen LogP contribution in [0.4, 0.5) is 10.1 Å². The van der Waals surface area contributed by atoms with Crippen molar-refractivity contribution in [3.63, 3.8) is 0 Å². The molecule has 0 fully saturated rings. The molecule has 3 rings (SSSR count). The van der Waals surface area contributed by atoms with Gasteiger partial charge in [-0.25, -0.2) is 14.0 Å². The van der Waals surface area contributed by atoms with Crippen molar-refractivity contribution in [2.24, 2.45) is 0 Å². The maximum atomic E-state index is 13.1. The normalized spacial score (nSPS) is 11.0. The number of hydrogen-bond donors (Lipinski definition) is 1. The van der Waals surface area contributed by atoms with Gasteiger partial charge >= 0.3 is 11.9 Å². The first-order valence-electron chi connectivity index (χ1n) is 9.13. The molecule has 31 heavy (non-hydrogen) atoms. The number of rotatable bonds is 7. The summed E-state index contributed by atoms with van der Waals surface area (Å²) in [6.45, 7) is -0.496. The fourth-order valence-corrected chi connectivity index (χ4v) is 3.33. The molecule has 0 aliphatic rings. The molecular weight excluding hydrogens is 421 g/mol. The first kappa shape index (κ1) is 21.9. The molecule has 1 heterocycles. The Kier molecular flexibility index (Phi) is 7.29. The van der Waals surface area contributed by atoms with Crippen LogP contribution in [-0.4, -0.2) is 31.6 Å². The Hall–Kier alpha value is -3.78. The topological polar surface area (TPSA) is 81.7 Å². The van der Waals surface area contributed by atoms with E-state index in [1.807, 2.05) is 5.38 Å². The van der Waals surface area contributed by atoms with Gasteiger partial charge in [-0.3, -0.25) is 4.79 Å². The SMILES string of the molecule is COC(=O)c1ccc(NC(=O)COC(=O)/C(=C/c2ccc(F)cc2)c2cccs2)cc1. The van der Waals surface area contributed by atoms with Gasteiger partial charge in [-0.1, -0.05) is 18.2 Å². The van der Waals surface area contributed by atoms with Crippen LogP contribution in [0.3, 0.4) is 0 Å². The lowest BCUT2D eigenvalue weighted by atomic mass is 10.1. The smallest absolute Gasteiger partial charge is 0.340 e. The molecule has 8 heteroatoms. The molecule has 0 atom stereocenters. The Bertz CT molecular complexity index is 1090. The summed E-state index contributed by atoms with van der Waals surface area (Å²) in [6.07, 6.45) is 1.58. The Morgan fingerprint density at radius 2 is 1.74 bits per heavy atom. The van der Waals surface area contributed by atoms with Crippen LogP contribution in [0.25, 0.3) is 11.6 Å².